The van der Waals surface area contributed by atoms with Gasteiger partial charge in [0, 0.05) is 0 Å². The summed E-state index contributed by atoms with van der Waals surface area (Å²) in [5.41, 5.74) is 2.27. The van der Waals surface area contributed by atoms with Crippen LogP contribution in [-0.2, 0) is 4.79 Å². The van der Waals surface area contributed by atoms with Crippen LogP contribution in [0.1, 0.15) is 43.2 Å². The molecule has 1 saturated carbocycles. The number of ether oxygens (including phenoxy) is 1. The second kappa shape index (κ2) is 5.35. The third-order valence-corrected chi connectivity index (χ3v) is 3.35. The summed E-state index contributed by atoms with van der Waals surface area (Å²) in [6.45, 7) is 4.04. The van der Waals surface area contributed by atoms with Crippen molar-refractivity contribution in [3.63, 3.8) is 0 Å². The summed E-state index contributed by atoms with van der Waals surface area (Å²) in [6, 6.07) is 5.93. The molecule has 1 aliphatic carbocycles. The van der Waals surface area contributed by atoms with Crippen molar-refractivity contribution >= 4 is 5.97 Å². The quantitative estimate of drug-likeness (QED) is 0.573. The van der Waals surface area contributed by atoms with Gasteiger partial charge in [-0.3, -0.25) is 4.79 Å². The Morgan fingerprint density at radius 2 is 1.65 bits per heavy atom. The van der Waals surface area contributed by atoms with E-state index in [1.165, 1.54) is 6.42 Å². The molecule has 1 fully saturated rings. The number of carbonyl (C=O) groups is 1. The van der Waals surface area contributed by atoms with Crippen molar-refractivity contribution in [2.24, 2.45) is 5.92 Å². The van der Waals surface area contributed by atoms with Crippen molar-refractivity contribution < 1.29 is 9.53 Å². The molecule has 0 aromatic heterocycles. The van der Waals surface area contributed by atoms with E-state index in [1.54, 1.807) is 0 Å². The maximum atomic E-state index is 12.0. The first-order valence-corrected chi connectivity index (χ1v) is 6.45. The van der Waals surface area contributed by atoms with Crippen LogP contribution in [0.3, 0.4) is 0 Å². The van der Waals surface area contributed by atoms with Crippen LogP contribution in [0.25, 0.3) is 0 Å². The summed E-state index contributed by atoms with van der Waals surface area (Å²) in [5.74, 6) is 0.761. The Hall–Kier alpha value is -1.31. The summed E-state index contributed by atoms with van der Waals surface area (Å²) >= 11 is 0. The SMILES string of the molecule is Cc1cc(C)cc(OC(=O)C2CCCCC2)c1. The summed E-state index contributed by atoms with van der Waals surface area (Å²) in [6.07, 6.45) is 5.56. The lowest BCUT2D eigenvalue weighted by atomic mass is 9.89. The normalized spacial score (nSPS) is 16.8. The van der Waals surface area contributed by atoms with Gasteiger partial charge < -0.3 is 4.74 Å². The average molecular weight is 232 g/mol. The van der Waals surface area contributed by atoms with Crippen molar-refractivity contribution in [2.45, 2.75) is 46.0 Å². The van der Waals surface area contributed by atoms with Crippen molar-refractivity contribution in [3.8, 4) is 5.75 Å². The summed E-state index contributed by atoms with van der Waals surface area (Å²) in [7, 11) is 0. The van der Waals surface area contributed by atoms with Gasteiger partial charge in [0.15, 0.2) is 0 Å². The van der Waals surface area contributed by atoms with E-state index in [-0.39, 0.29) is 11.9 Å². The minimum Gasteiger partial charge on any atom is -0.426 e. The van der Waals surface area contributed by atoms with Crippen molar-refractivity contribution in [3.05, 3.63) is 29.3 Å². The van der Waals surface area contributed by atoms with Gasteiger partial charge in [-0.05, 0) is 49.9 Å². The number of carbonyl (C=O) groups excluding carboxylic acids is 1. The zero-order chi connectivity index (χ0) is 12.3. The molecular formula is C15H20O2. The monoisotopic (exact) mass is 232 g/mol. The van der Waals surface area contributed by atoms with Crippen LogP contribution in [0.5, 0.6) is 5.75 Å². The van der Waals surface area contributed by atoms with Gasteiger partial charge in [-0.1, -0.05) is 25.3 Å². The molecule has 17 heavy (non-hydrogen) atoms. The lowest BCUT2D eigenvalue weighted by Gasteiger charge is -2.19. The standard InChI is InChI=1S/C15H20O2/c1-11-8-12(2)10-14(9-11)17-15(16)13-6-4-3-5-7-13/h8-10,13H,3-7H2,1-2H3. The van der Waals surface area contributed by atoms with Crippen LogP contribution in [-0.4, -0.2) is 5.97 Å². The van der Waals surface area contributed by atoms with Gasteiger partial charge in [-0.25, -0.2) is 0 Å². The molecule has 0 aliphatic heterocycles. The van der Waals surface area contributed by atoms with E-state index in [0.717, 1.165) is 36.8 Å². The highest BCUT2D eigenvalue weighted by atomic mass is 16.5. The fraction of sp³-hybridized carbons (Fsp3) is 0.533. The molecule has 0 N–H and O–H groups in total. The van der Waals surface area contributed by atoms with Gasteiger partial charge in [0.1, 0.15) is 5.75 Å². The van der Waals surface area contributed by atoms with Crippen LogP contribution in [0.4, 0.5) is 0 Å². The lowest BCUT2D eigenvalue weighted by molar-refractivity contribution is -0.139. The molecule has 1 aromatic carbocycles. The Morgan fingerprint density at radius 3 is 2.24 bits per heavy atom. The predicted molar refractivity (Wildman–Crippen MR) is 68.1 cm³/mol. The molecule has 0 bridgehead atoms. The van der Waals surface area contributed by atoms with E-state index in [4.69, 9.17) is 4.74 Å². The van der Waals surface area contributed by atoms with Gasteiger partial charge in [0.25, 0.3) is 0 Å². The van der Waals surface area contributed by atoms with Crippen LogP contribution >= 0.6 is 0 Å². The van der Waals surface area contributed by atoms with Gasteiger partial charge >= 0.3 is 5.97 Å². The molecule has 1 aromatic rings. The smallest absolute Gasteiger partial charge is 0.314 e. The van der Waals surface area contributed by atoms with E-state index in [1.807, 2.05) is 26.0 Å². The Labute approximate surface area is 103 Å². The largest absolute Gasteiger partial charge is 0.426 e. The van der Waals surface area contributed by atoms with E-state index < -0.39 is 0 Å². The molecule has 0 heterocycles. The van der Waals surface area contributed by atoms with E-state index in [9.17, 15) is 4.79 Å². The van der Waals surface area contributed by atoms with Gasteiger partial charge in [0.05, 0.1) is 5.92 Å². The molecule has 92 valence electrons. The second-order valence-electron chi connectivity index (χ2n) is 5.08. The van der Waals surface area contributed by atoms with Crippen LogP contribution in [0.2, 0.25) is 0 Å². The van der Waals surface area contributed by atoms with Crippen molar-refractivity contribution in [1.82, 2.24) is 0 Å². The Bertz CT molecular complexity index is 383. The summed E-state index contributed by atoms with van der Waals surface area (Å²) < 4.78 is 5.48. The van der Waals surface area contributed by atoms with E-state index in [2.05, 4.69) is 6.07 Å². The number of hydrogen-bond donors (Lipinski definition) is 0. The van der Waals surface area contributed by atoms with Crippen LogP contribution < -0.4 is 4.74 Å². The fourth-order valence-corrected chi connectivity index (χ4v) is 2.53. The maximum absolute atomic E-state index is 12.0. The number of esters is 1. The second-order valence-corrected chi connectivity index (χ2v) is 5.08. The fourth-order valence-electron chi connectivity index (χ4n) is 2.53. The molecule has 2 nitrogen and oxygen atoms in total. The number of benzene rings is 1. The van der Waals surface area contributed by atoms with E-state index >= 15 is 0 Å². The highest BCUT2D eigenvalue weighted by molar-refractivity contribution is 5.75. The first-order chi connectivity index (χ1) is 8.15. The predicted octanol–water partition coefficient (Wildman–Crippen LogP) is 3.79. The molecular weight excluding hydrogens is 212 g/mol. The highest BCUT2D eigenvalue weighted by Crippen LogP contribution is 2.26. The molecule has 0 radical (unpaired) electrons. The van der Waals surface area contributed by atoms with Crippen LogP contribution in [0, 0.1) is 19.8 Å². The summed E-state index contributed by atoms with van der Waals surface area (Å²) in [4.78, 5) is 12.0. The number of aryl methyl sites for hydroxylation is 2. The van der Waals surface area contributed by atoms with Gasteiger partial charge in [-0.15, -0.1) is 0 Å². The third-order valence-electron chi connectivity index (χ3n) is 3.35. The number of rotatable bonds is 2. The average Bonchev–Trinajstić information content (AvgIpc) is 2.28. The first kappa shape index (κ1) is 12.2. The van der Waals surface area contributed by atoms with Crippen LogP contribution in [0.15, 0.2) is 18.2 Å². The number of hydrogen-bond acceptors (Lipinski definition) is 2. The Morgan fingerprint density at radius 1 is 1.06 bits per heavy atom. The van der Waals surface area contributed by atoms with E-state index in [0.29, 0.717) is 5.75 Å². The molecule has 0 saturated heterocycles. The zero-order valence-electron chi connectivity index (χ0n) is 10.7. The topological polar surface area (TPSA) is 26.3 Å². The Balaban J connectivity index is 2.01. The highest BCUT2D eigenvalue weighted by Gasteiger charge is 2.22. The Kier molecular flexibility index (Phi) is 3.82. The molecule has 0 spiro atoms. The molecule has 1 aliphatic rings. The minimum atomic E-state index is -0.0466. The zero-order valence-corrected chi connectivity index (χ0v) is 10.7. The maximum Gasteiger partial charge on any atom is 0.314 e. The molecule has 2 heteroatoms. The third kappa shape index (κ3) is 3.32. The van der Waals surface area contributed by atoms with Crippen molar-refractivity contribution in [1.29, 1.82) is 0 Å². The molecule has 0 atom stereocenters. The first-order valence-electron chi connectivity index (χ1n) is 6.45. The van der Waals surface area contributed by atoms with Gasteiger partial charge in [0.2, 0.25) is 0 Å². The lowest BCUT2D eigenvalue weighted by Crippen LogP contribution is -2.22. The van der Waals surface area contributed by atoms with Crippen molar-refractivity contribution in [2.75, 3.05) is 0 Å². The van der Waals surface area contributed by atoms with Gasteiger partial charge in [-0.2, -0.15) is 0 Å². The minimum absolute atomic E-state index is 0.0466. The molecule has 0 amide bonds. The summed E-state index contributed by atoms with van der Waals surface area (Å²) in [5, 5.41) is 0. The molecule has 2 rings (SSSR count). The molecule has 0 unspecified atom stereocenters.